The number of rotatable bonds is 2. The van der Waals surface area contributed by atoms with Crippen LogP contribution in [-0.4, -0.2) is 54.8 Å². The van der Waals surface area contributed by atoms with Crippen LogP contribution >= 0.6 is 0 Å². The van der Waals surface area contributed by atoms with Gasteiger partial charge in [-0.2, -0.15) is 0 Å². The summed E-state index contributed by atoms with van der Waals surface area (Å²) < 4.78 is 0. The van der Waals surface area contributed by atoms with Crippen LogP contribution in [0.4, 0.5) is 0 Å². The van der Waals surface area contributed by atoms with Crippen LogP contribution in [0.3, 0.4) is 0 Å². The molecule has 1 heterocycles. The van der Waals surface area contributed by atoms with E-state index in [1.807, 2.05) is 4.90 Å². The average molecular weight is 267 g/mol. The highest BCUT2D eigenvalue weighted by Crippen LogP contribution is 2.28. The number of likely N-dealkylation sites (tertiary alicyclic amines) is 1. The first-order valence-corrected chi connectivity index (χ1v) is 7.26. The zero-order valence-corrected chi connectivity index (χ0v) is 12.0. The average Bonchev–Trinajstić information content (AvgIpc) is 2.83. The Labute approximate surface area is 115 Å². The Balaban J connectivity index is 1.86. The molecule has 0 spiro atoms. The SMILES string of the molecule is CN(C)C(=O)C1CCN(C(=O)C2CCCC2N)CC1. The van der Waals surface area contributed by atoms with Crippen molar-refractivity contribution in [2.75, 3.05) is 27.2 Å². The maximum Gasteiger partial charge on any atom is 0.227 e. The molecule has 1 saturated carbocycles. The van der Waals surface area contributed by atoms with Gasteiger partial charge >= 0.3 is 0 Å². The maximum absolute atomic E-state index is 12.4. The van der Waals surface area contributed by atoms with E-state index in [2.05, 4.69) is 0 Å². The number of nitrogens with two attached hydrogens (primary N) is 1. The van der Waals surface area contributed by atoms with E-state index in [-0.39, 0.29) is 29.7 Å². The van der Waals surface area contributed by atoms with Gasteiger partial charge in [-0.1, -0.05) is 6.42 Å². The van der Waals surface area contributed by atoms with Crippen molar-refractivity contribution in [3.05, 3.63) is 0 Å². The molecule has 2 fully saturated rings. The molecule has 5 nitrogen and oxygen atoms in total. The van der Waals surface area contributed by atoms with Crippen molar-refractivity contribution in [1.29, 1.82) is 0 Å². The number of piperidine rings is 1. The van der Waals surface area contributed by atoms with Crippen molar-refractivity contribution in [2.45, 2.75) is 38.1 Å². The first kappa shape index (κ1) is 14.3. The minimum atomic E-state index is 0.0149. The fourth-order valence-electron chi connectivity index (χ4n) is 3.24. The molecule has 0 aromatic heterocycles. The summed E-state index contributed by atoms with van der Waals surface area (Å²) in [6.07, 6.45) is 4.52. The van der Waals surface area contributed by atoms with Crippen LogP contribution in [0.5, 0.6) is 0 Å². The van der Waals surface area contributed by atoms with Crippen LogP contribution in [0, 0.1) is 11.8 Å². The van der Waals surface area contributed by atoms with Gasteiger partial charge in [0.2, 0.25) is 11.8 Å². The molecule has 2 amide bonds. The lowest BCUT2D eigenvalue weighted by Crippen LogP contribution is -2.47. The highest BCUT2D eigenvalue weighted by atomic mass is 16.2. The van der Waals surface area contributed by atoms with Gasteiger partial charge in [0.05, 0.1) is 5.92 Å². The second-order valence-electron chi connectivity index (χ2n) is 6.03. The molecule has 0 radical (unpaired) electrons. The second kappa shape index (κ2) is 5.90. The molecule has 2 rings (SSSR count). The molecule has 108 valence electrons. The molecule has 0 aromatic rings. The van der Waals surface area contributed by atoms with E-state index >= 15 is 0 Å². The van der Waals surface area contributed by atoms with Crippen LogP contribution in [0.2, 0.25) is 0 Å². The lowest BCUT2D eigenvalue weighted by molar-refractivity contribution is -0.141. The Kier molecular flexibility index (Phi) is 4.45. The second-order valence-corrected chi connectivity index (χ2v) is 6.03. The van der Waals surface area contributed by atoms with E-state index in [1.54, 1.807) is 19.0 Å². The molecule has 2 atom stereocenters. The van der Waals surface area contributed by atoms with Crippen LogP contribution in [0.1, 0.15) is 32.1 Å². The summed E-state index contributed by atoms with van der Waals surface area (Å²) in [6, 6.07) is 0.0358. The molecule has 0 bridgehead atoms. The van der Waals surface area contributed by atoms with Crippen molar-refractivity contribution < 1.29 is 9.59 Å². The first-order chi connectivity index (χ1) is 9.00. The van der Waals surface area contributed by atoms with Gasteiger partial charge in [0.15, 0.2) is 0 Å². The molecule has 1 aliphatic carbocycles. The molecule has 1 saturated heterocycles. The molecule has 2 N–H and O–H groups in total. The van der Waals surface area contributed by atoms with Crippen molar-refractivity contribution >= 4 is 11.8 Å². The Morgan fingerprint density at radius 2 is 1.74 bits per heavy atom. The zero-order valence-electron chi connectivity index (χ0n) is 12.0. The van der Waals surface area contributed by atoms with Crippen LogP contribution in [-0.2, 0) is 9.59 Å². The summed E-state index contributed by atoms with van der Waals surface area (Å²) in [5, 5.41) is 0. The molecule has 1 aliphatic heterocycles. The van der Waals surface area contributed by atoms with Crippen molar-refractivity contribution in [1.82, 2.24) is 9.80 Å². The predicted octanol–water partition coefficient (Wildman–Crippen LogP) is 0.441. The Hall–Kier alpha value is -1.10. The van der Waals surface area contributed by atoms with Gasteiger partial charge in [-0.3, -0.25) is 9.59 Å². The fraction of sp³-hybridized carbons (Fsp3) is 0.857. The highest BCUT2D eigenvalue weighted by Gasteiger charge is 2.35. The number of nitrogens with zero attached hydrogens (tertiary/aromatic N) is 2. The van der Waals surface area contributed by atoms with Gasteiger partial charge in [0.1, 0.15) is 0 Å². The maximum atomic E-state index is 12.4. The van der Waals surface area contributed by atoms with Crippen LogP contribution < -0.4 is 5.73 Å². The molecule has 5 heteroatoms. The number of amides is 2. The van der Waals surface area contributed by atoms with Crippen molar-refractivity contribution in [2.24, 2.45) is 17.6 Å². The normalized spacial score (nSPS) is 28.5. The van der Waals surface area contributed by atoms with Gasteiger partial charge in [0.25, 0.3) is 0 Å². The zero-order chi connectivity index (χ0) is 14.0. The molecular formula is C14H25N3O2. The topological polar surface area (TPSA) is 66.6 Å². The van der Waals surface area contributed by atoms with E-state index in [0.717, 1.165) is 32.1 Å². The summed E-state index contributed by atoms with van der Waals surface area (Å²) in [6.45, 7) is 1.40. The first-order valence-electron chi connectivity index (χ1n) is 7.26. The predicted molar refractivity (Wildman–Crippen MR) is 73.3 cm³/mol. The summed E-state index contributed by atoms with van der Waals surface area (Å²) >= 11 is 0. The van der Waals surface area contributed by atoms with Gasteiger partial charge in [-0.15, -0.1) is 0 Å². The van der Waals surface area contributed by atoms with Gasteiger partial charge in [0, 0.05) is 39.1 Å². The summed E-state index contributed by atoms with van der Waals surface area (Å²) in [5.74, 6) is 0.489. The van der Waals surface area contributed by atoms with E-state index in [4.69, 9.17) is 5.73 Å². The van der Waals surface area contributed by atoms with E-state index in [1.165, 1.54) is 0 Å². The summed E-state index contributed by atoms with van der Waals surface area (Å²) in [5.41, 5.74) is 5.99. The summed E-state index contributed by atoms with van der Waals surface area (Å²) in [4.78, 5) is 27.8. The van der Waals surface area contributed by atoms with Crippen LogP contribution in [0.25, 0.3) is 0 Å². The quantitative estimate of drug-likeness (QED) is 0.789. The van der Waals surface area contributed by atoms with Gasteiger partial charge in [-0.05, 0) is 25.7 Å². The molecule has 19 heavy (non-hydrogen) atoms. The highest BCUT2D eigenvalue weighted by molar-refractivity contribution is 5.81. The number of carbonyl (C=O) groups excluding carboxylic acids is 2. The monoisotopic (exact) mass is 267 g/mol. The molecule has 2 aliphatic rings. The van der Waals surface area contributed by atoms with E-state index in [0.29, 0.717) is 13.1 Å². The molecule has 2 unspecified atom stereocenters. The number of carbonyl (C=O) groups is 2. The third-order valence-corrected chi connectivity index (χ3v) is 4.48. The van der Waals surface area contributed by atoms with Gasteiger partial charge in [-0.25, -0.2) is 0 Å². The number of hydrogen-bond donors (Lipinski definition) is 1. The minimum Gasteiger partial charge on any atom is -0.349 e. The van der Waals surface area contributed by atoms with Crippen LogP contribution in [0.15, 0.2) is 0 Å². The van der Waals surface area contributed by atoms with Crippen molar-refractivity contribution in [3.63, 3.8) is 0 Å². The molecular weight excluding hydrogens is 242 g/mol. The van der Waals surface area contributed by atoms with E-state index in [9.17, 15) is 9.59 Å². The largest absolute Gasteiger partial charge is 0.349 e. The lowest BCUT2D eigenvalue weighted by Gasteiger charge is -2.34. The Bertz CT molecular complexity index is 349. The van der Waals surface area contributed by atoms with Gasteiger partial charge < -0.3 is 15.5 Å². The Morgan fingerprint density at radius 3 is 2.21 bits per heavy atom. The van der Waals surface area contributed by atoms with E-state index < -0.39 is 0 Å². The lowest BCUT2D eigenvalue weighted by atomic mass is 9.93. The minimum absolute atomic E-state index is 0.0149. The third-order valence-electron chi connectivity index (χ3n) is 4.48. The smallest absolute Gasteiger partial charge is 0.227 e. The third kappa shape index (κ3) is 3.08. The standard InChI is InChI=1S/C14H25N3O2/c1-16(2)13(18)10-6-8-17(9-7-10)14(19)11-4-3-5-12(11)15/h10-12H,3-9,15H2,1-2H3. The summed E-state index contributed by atoms with van der Waals surface area (Å²) in [7, 11) is 3.58. The fourth-order valence-corrected chi connectivity index (χ4v) is 3.24. The Morgan fingerprint density at radius 1 is 1.11 bits per heavy atom. The van der Waals surface area contributed by atoms with Crippen molar-refractivity contribution in [3.8, 4) is 0 Å². The number of hydrogen-bond acceptors (Lipinski definition) is 3. The molecule has 0 aromatic carbocycles.